The Hall–Kier alpha value is -1.85. The zero-order valence-corrected chi connectivity index (χ0v) is 17.5. The van der Waals surface area contributed by atoms with Gasteiger partial charge >= 0.3 is 0 Å². The van der Waals surface area contributed by atoms with E-state index in [1.807, 2.05) is 12.1 Å². The van der Waals surface area contributed by atoms with E-state index in [-0.39, 0.29) is 15.8 Å². The number of benzene rings is 1. The van der Waals surface area contributed by atoms with Gasteiger partial charge < -0.3 is 4.74 Å². The maximum atomic E-state index is 13.2. The highest BCUT2D eigenvalue weighted by Gasteiger charge is 2.36. The summed E-state index contributed by atoms with van der Waals surface area (Å²) in [5.41, 5.74) is 0.910. The van der Waals surface area contributed by atoms with E-state index < -0.39 is 20.0 Å². The molecule has 8 nitrogen and oxygen atoms in total. The second-order valence-electron chi connectivity index (χ2n) is 7.04. The van der Waals surface area contributed by atoms with Gasteiger partial charge in [-0.05, 0) is 54.8 Å². The number of ether oxygens (including phenoxy) is 1. The molecule has 10 heteroatoms. The minimum Gasteiger partial charge on any atom is -0.379 e. The highest BCUT2D eigenvalue weighted by atomic mass is 32.2. The zero-order valence-electron chi connectivity index (χ0n) is 15.8. The predicted octanol–water partition coefficient (Wildman–Crippen LogP) is 1.63. The van der Waals surface area contributed by atoms with Crippen LogP contribution in [0.3, 0.4) is 0 Å². The number of sulfonamides is 2. The number of pyridine rings is 1. The molecule has 0 unspecified atom stereocenters. The molecular weight excluding hydrogens is 414 g/mol. The standard InChI is InChI=1S/C19H23N3O5S2/c23-28(24,21-12-14-27-15-13-21)17-3-5-18(6-4-17)29(25,26)22-11-1-2-19(22)16-7-9-20-10-8-16/h3-10,19H,1-2,11-15H2/t19-/m0/s1. The van der Waals surface area contributed by atoms with E-state index in [1.165, 1.54) is 32.9 Å². The lowest BCUT2D eigenvalue weighted by Gasteiger charge is -2.26. The molecule has 2 fully saturated rings. The molecular formula is C19H23N3O5S2. The van der Waals surface area contributed by atoms with Crippen LogP contribution in [0.15, 0.2) is 58.6 Å². The van der Waals surface area contributed by atoms with E-state index in [1.54, 1.807) is 12.4 Å². The highest BCUT2D eigenvalue weighted by molar-refractivity contribution is 7.89. The molecule has 3 heterocycles. The summed E-state index contributed by atoms with van der Waals surface area (Å²) in [6, 6.07) is 8.92. The van der Waals surface area contributed by atoms with Crippen LogP contribution in [0.4, 0.5) is 0 Å². The number of hydrogen-bond acceptors (Lipinski definition) is 6. The van der Waals surface area contributed by atoms with Crippen molar-refractivity contribution in [3.63, 3.8) is 0 Å². The molecule has 4 rings (SSSR count). The van der Waals surface area contributed by atoms with E-state index in [0.29, 0.717) is 32.8 Å². The van der Waals surface area contributed by atoms with Gasteiger partial charge in [0.25, 0.3) is 0 Å². The van der Waals surface area contributed by atoms with E-state index in [4.69, 9.17) is 4.74 Å². The molecule has 1 aromatic carbocycles. The summed E-state index contributed by atoms with van der Waals surface area (Å²) in [5.74, 6) is 0. The van der Waals surface area contributed by atoms with Crippen LogP contribution >= 0.6 is 0 Å². The van der Waals surface area contributed by atoms with Gasteiger partial charge in [0.15, 0.2) is 0 Å². The van der Waals surface area contributed by atoms with E-state index in [9.17, 15) is 16.8 Å². The quantitative estimate of drug-likeness (QED) is 0.705. The largest absolute Gasteiger partial charge is 0.379 e. The first-order valence-corrected chi connectivity index (χ1v) is 12.4. The lowest BCUT2D eigenvalue weighted by molar-refractivity contribution is 0.0730. The maximum Gasteiger partial charge on any atom is 0.243 e. The maximum absolute atomic E-state index is 13.2. The monoisotopic (exact) mass is 437 g/mol. The Morgan fingerprint density at radius 1 is 0.828 bits per heavy atom. The Morgan fingerprint density at radius 3 is 2.03 bits per heavy atom. The van der Waals surface area contributed by atoms with Crippen LogP contribution in [0.25, 0.3) is 0 Å². The van der Waals surface area contributed by atoms with Crippen LogP contribution < -0.4 is 0 Å². The summed E-state index contributed by atoms with van der Waals surface area (Å²) >= 11 is 0. The van der Waals surface area contributed by atoms with Crippen LogP contribution in [0, 0.1) is 0 Å². The fraction of sp³-hybridized carbons (Fsp3) is 0.421. The number of nitrogens with zero attached hydrogens (tertiary/aromatic N) is 3. The first-order chi connectivity index (χ1) is 13.9. The zero-order chi connectivity index (χ0) is 20.5. The van der Waals surface area contributed by atoms with Gasteiger partial charge in [-0.1, -0.05) is 0 Å². The number of aromatic nitrogens is 1. The van der Waals surface area contributed by atoms with Gasteiger partial charge in [0.1, 0.15) is 0 Å². The van der Waals surface area contributed by atoms with Crippen molar-refractivity contribution in [3.8, 4) is 0 Å². The molecule has 0 bridgehead atoms. The molecule has 1 atom stereocenters. The average molecular weight is 438 g/mol. The van der Waals surface area contributed by atoms with Crippen LogP contribution in [-0.2, 0) is 24.8 Å². The predicted molar refractivity (Wildman–Crippen MR) is 106 cm³/mol. The van der Waals surface area contributed by atoms with Crippen molar-refractivity contribution in [2.45, 2.75) is 28.7 Å². The van der Waals surface area contributed by atoms with Crippen molar-refractivity contribution in [2.24, 2.45) is 0 Å². The van der Waals surface area contributed by atoms with Crippen molar-refractivity contribution in [1.29, 1.82) is 0 Å². The van der Waals surface area contributed by atoms with Gasteiger partial charge in [-0.2, -0.15) is 8.61 Å². The first kappa shape index (κ1) is 20.4. The highest BCUT2D eigenvalue weighted by Crippen LogP contribution is 2.36. The molecule has 29 heavy (non-hydrogen) atoms. The SMILES string of the molecule is O=S(=O)(c1ccc(S(=O)(=O)N2CCC[C@H]2c2ccncc2)cc1)N1CCOCC1. The van der Waals surface area contributed by atoms with Crippen LogP contribution in [0.1, 0.15) is 24.4 Å². The summed E-state index contributed by atoms with van der Waals surface area (Å²) < 4.78 is 60.0. The number of morpholine rings is 1. The molecule has 156 valence electrons. The van der Waals surface area contributed by atoms with Gasteiger partial charge in [-0.15, -0.1) is 0 Å². The lowest BCUT2D eigenvalue weighted by atomic mass is 10.1. The van der Waals surface area contributed by atoms with Gasteiger partial charge in [0, 0.05) is 32.0 Å². The summed E-state index contributed by atoms with van der Waals surface area (Å²) in [5, 5.41) is 0. The lowest BCUT2D eigenvalue weighted by Crippen LogP contribution is -2.40. The first-order valence-electron chi connectivity index (χ1n) is 9.50. The van der Waals surface area contributed by atoms with Gasteiger partial charge in [0.2, 0.25) is 20.0 Å². The molecule has 1 aromatic heterocycles. The Morgan fingerprint density at radius 2 is 1.41 bits per heavy atom. The smallest absolute Gasteiger partial charge is 0.243 e. The summed E-state index contributed by atoms with van der Waals surface area (Å²) in [4.78, 5) is 4.18. The summed E-state index contributed by atoms with van der Waals surface area (Å²) in [6.07, 6.45) is 4.83. The van der Waals surface area contributed by atoms with E-state index >= 15 is 0 Å². The van der Waals surface area contributed by atoms with E-state index in [0.717, 1.165) is 18.4 Å². The molecule has 0 N–H and O–H groups in total. The van der Waals surface area contributed by atoms with Crippen molar-refractivity contribution in [2.75, 3.05) is 32.8 Å². The fourth-order valence-electron chi connectivity index (χ4n) is 3.80. The molecule has 0 aliphatic carbocycles. The van der Waals surface area contributed by atoms with Crippen LogP contribution in [-0.4, -0.2) is 63.3 Å². The summed E-state index contributed by atoms with van der Waals surface area (Å²) in [6.45, 7) is 1.74. The third kappa shape index (κ3) is 3.95. The number of hydrogen-bond donors (Lipinski definition) is 0. The average Bonchev–Trinajstić information content (AvgIpc) is 3.26. The van der Waals surface area contributed by atoms with Gasteiger partial charge in [0.05, 0.1) is 29.0 Å². The topological polar surface area (TPSA) is 96.9 Å². The second kappa shape index (κ2) is 8.11. The van der Waals surface area contributed by atoms with E-state index in [2.05, 4.69) is 4.98 Å². The molecule has 0 saturated carbocycles. The Kier molecular flexibility index (Phi) is 5.71. The molecule has 2 saturated heterocycles. The molecule has 2 aromatic rings. The minimum absolute atomic E-state index is 0.0884. The van der Waals surface area contributed by atoms with Crippen molar-refractivity contribution in [1.82, 2.24) is 13.6 Å². The van der Waals surface area contributed by atoms with Crippen molar-refractivity contribution in [3.05, 3.63) is 54.4 Å². The normalized spacial score (nSPS) is 22.0. The number of rotatable bonds is 5. The minimum atomic E-state index is -3.74. The fourth-order valence-corrected chi connectivity index (χ4v) is 6.89. The third-order valence-corrected chi connectivity index (χ3v) is 9.17. The van der Waals surface area contributed by atoms with Gasteiger partial charge in [-0.25, -0.2) is 16.8 Å². The molecule has 0 radical (unpaired) electrons. The third-order valence-electron chi connectivity index (χ3n) is 5.33. The Bertz CT molecular complexity index is 1050. The Balaban J connectivity index is 1.59. The molecule has 2 aliphatic heterocycles. The van der Waals surface area contributed by atoms with Crippen molar-refractivity contribution < 1.29 is 21.6 Å². The Labute approximate surface area is 171 Å². The molecule has 2 aliphatic rings. The second-order valence-corrected chi connectivity index (χ2v) is 10.9. The van der Waals surface area contributed by atoms with Crippen molar-refractivity contribution >= 4 is 20.0 Å². The van der Waals surface area contributed by atoms with Crippen LogP contribution in [0.2, 0.25) is 0 Å². The summed E-state index contributed by atoms with van der Waals surface area (Å²) in [7, 11) is -7.40. The van der Waals surface area contributed by atoms with Crippen LogP contribution in [0.5, 0.6) is 0 Å². The van der Waals surface area contributed by atoms with Gasteiger partial charge in [-0.3, -0.25) is 4.98 Å². The molecule has 0 amide bonds. The molecule has 0 spiro atoms.